The van der Waals surface area contributed by atoms with Gasteiger partial charge in [0.2, 0.25) is 0 Å². The van der Waals surface area contributed by atoms with Gasteiger partial charge in [-0.2, -0.15) is 0 Å². The molecule has 44 heavy (non-hydrogen) atoms. The monoisotopic (exact) mass is 639 g/mol. The Kier molecular flexibility index (Phi) is 19.6. The molecular formula is C27H30ClF3LiN3O9. The average molecular weight is 640 g/mol. The summed E-state index contributed by atoms with van der Waals surface area (Å²) in [4.78, 5) is 42.8. The number of carbonyl (C=O) groups excluding carboxylic acids is 2. The number of ether oxygens (including phenoxy) is 5. The van der Waals surface area contributed by atoms with E-state index < -0.39 is 42.0 Å². The summed E-state index contributed by atoms with van der Waals surface area (Å²) in [7, 11) is 0. The van der Waals surface area contributed by atoms with Crippen LogP contribution in [0.3, 0.4) is 0 Å². The van der Waals surface area contributed by atoms with Crippen LogP contribution in [0.15, 0.2) is 36.8 Å². The molecule has 3 aromatic heterocycles. The van der Waals surface area contributed by atoms with Crippen molar-refractivity contribution in [1.29, 1.82) is 0 Å². The summed E-state index contributed by atoms with van der Waals surface area (Å²) in [6.45, 7) is 5.99. The maximum absolute atomic E-state index is 13.0. The number of rotatable bonds is 11. The second-order valence-corrected chi connectivity index (χ2v) is 8.15. The molecule has 0 bridgehead atoms. The first-order chi connectivity index (χ1) is 20.4. The van der Waals surface area contributed by atoms with Gasteiger partial charge in [0.1, 0.15) is 28.9 Å². The molecule has 1 N–H and O–H groups in total. The predicted molar refractivity (Wildman–Crippen MR) is 146 cm³/mol. The number of esters is 2. The molecule has 0 atom stereocenters. The Balaban J connectivity index is 0. The van der Waals surface area contributed by atoms with Gasteiger partial charge in [-0.05, 0) is 27.7 Å². The van der Waals surface area contributed by atoms with Crippen LogP contribution in [0.2, 0.25) is 5.15 Å². The van der Waals surface area contributed by atoms with Crippen LogP contribution < -0.4 is 33.1 Å². The molecule has 0 aromatic carbocycles. The fraction of sp³-hybridized carbons (Fsp3) is 0.333. The minimum absolute atomic E-state index is 0. The summed E-state index contributed by atoms with van der Waals surface area (Å²) in [5.41, 5.74) is 0.543. The molecule has 0 amide bonds. The fourth-order valence-corrected chi connectivity index (χ4v) is 2.56. The largest absolute Gasteiger partial charge is 1.00 e. The van der Waals surface area contributed by atoms with E-state index in [1.54, 1.807) is 20.8 Å². The van der Waals surface area contributed by atoms with E-state index in [0.29, 0.717) is 12.3 Å². The molecule has 0 fully saturated rings. The van der Waals surface area contributed by atoms with Gasteiger partial charge < -0.3 is 30.2 Å². The molecule has 236 valence electrons. The average Bonchev–Trinajstić information content (AvgIpc) is 2.96. The van der Waals surface area contributed by atoms with Crippen LogP contribution >= 0.6 is 11.6 Å². The number of halogens is 4. The van der Waals surface area contributed by atoms with Gasteiger partial charge in [-0.3, -0.25) is 9.97 Å². The van der Waals surface area contributed by atoms with Gasteiger partial charge >= 0.3 is 36.8 Å². The summed E-state index contributed by atoms with van der Waals surface area (Å²) in [6, 6.07) is 3.33. The zero-order valence-electron chi connectivity index (χ0n) is 25.6. The first-order valence-electron chi connectivity index (χ1n) is 12.3. The number of pyridine rings is 3. The molecular weight excluding hydrogens is 610 g/mol. The van der Waals surface area contributed by atoms with Gasteiger partial charge in [-0.1, -0.05) is 11.6 Å². The van der Waals surface area contributed by atoms with E-state index >= 15 is 0 Å². The molecule has 12 nitrogen and oxygen atoms in total. The second-order valence-electron chi connectivity index (χ2n) is 7.79. The molecule has 3 aromatic rings. The van der Waals surface area contributed by atoms with Crippen molar-refractivity contribution in [1.82, 2.24) is 15.0 Å². The van der Waals surface area contributed by atoms with Gasteiger partial charge in [0.05, 0.1) is 43.2 Å². The quantitative estimate of drug-likeness (QED) is 0.183. The van der Waals surface area contributed by atoms with Crippen LogP contribution in [-0.2, 0) is 23.9 Å². The van der Waals surface area contributed by atoms with E-state index in [-0.39, 0.29) is 68.2 Å². The molecule has 3 rings (SSSR count). The van der Waals surface area contributed by atoms with Crippen LogP contribution in [0.4, 0.5) is 13.2 Å². The zero-order valence-corrected chi connectivity index (χ0v) is 25.3. The molecule has 0 radical (unpaired) electrons. The van der Waals surface area contributed by atoms with E-state index in [9.17, 15) is 27.6 Å². The van der Waals surface area contributed by atoms with Gasteiger partial charge in [0, 0.05) is 18.2 Å². The smallest absolute Gasteiger partial charge is 1.00 e. The molecule has 0 saturated heterocycles. The Morgan fingerprint density at radius 3 is 1.43 bits per heavy atom. The van der Waals surface area contributed by atoms with Gasteiger partial charge in [-0.15, -0.1) is 0 Å². The Bertz CT molecular complexity index is 1310. The Morgan fingerprint density at radius 2 is 1.09 bits per heavy atom. The van der Waals surface area contributed by atoms with Crippen molar-refractivity contribution in [2.45, 2.75) is 27.7 Å². The van der Waals surface area contributed by atoms with Crippen molar-refractivity contribution in [2.24, 2.45) is 0 Å². The molecule has 0 unspecified atom stereocenters. The normalized spacial score (nSPS) is 9.55. The van der Waals surface area contributed by atoms with E-state index in [0.717, 1.165) is 12.1 Å². The molecule has 0 aliphatic rings. The van der Waals surface area contributed by atoms with Crippen molar-refractivity contribution in [3.05, 3.63) is 70.8 Å². The van der Waals surface area contributed by atoms with Crippen LogP contribution in [0.25, 0.3) is 0 Å². The Labute approximate surface area is 269 Å². The SMILES string of the molecule is CCOC(=O)COc1cnc(C)c(F)c1.CCOC(=O)COc1cnc(Cl)c(F)c1.Cc1ncc(OCC(=O)O)cc1F.[H-].[Li+]. The van der Waals surface area contributed by atoms with E-state index in [4.69, 9.17) is 30.9 Å². The topological polar surface area (TPSA) is 156 Å². The van der Waals surface area contributed by atoms with E-state index in [1.165, 1.54) is 31.6 Å². The van der Waals surface area contributed by atoms with Crippen LogP contribution in [-0.4, -0.2) is 71.0 Å². The third-order valence-electron chi connectivity index (χ3n) is 4.46. The molecule has 3 heterocycles. The Morgan fingerprint density at radius 1 is 0.727 bits per heavy atom. The standard InChI is InChI=1S/C10H12FNO3.C9H9ClFNO3.C8H8FNO3.Li.H/c1-3-14-10(13)6-15-8-4-9(11)7(2)12-5-8;1-2-14-8(13)5-15-6-3-7(11)9(10)12-4-6;1-5-7(9)2-6(3-10-5)13-4-8(11)12;;/h4-5H,3,6H2,1-2H3;3-4H,2,5H2,1H3;2-3H,4H2,1H3,(H,11,12);;/q;;;+1;-1. The summed E-state index contributed by atoms with van der Waals surface area (Å²) >= 11 is 5.36. The fourth-order valence-electron chi connectivity index (χ4n) is 2.45. The second kappa shape index (κ2) is 21.6. The number of carbonyl (C=O) groups is 3. The van der Waals surface area contributed by atoms with Gasteiger partial charge in [-0.25, -0.2) is 32.5 Å². The number of aromatic nitrogens is 3. The third-order valence-corrected chi connectivity index (χ3v) is 4.74. The maximum atomic E-state index is 13.0. The summed E-state index contributed by atoms with van der Waals surface area (Å²) in [5, 5.41) is 8.02. The van der Waals surface area contributed by atoms with E-state index in [2.05, 4.69) is 24.4 Å². The minimum atomic E-state index is -1.11. The van der Waals surface area contributed by atoms with Crippen LogP contribution in [0.5, 0.6) is 17.2 Å². The summed E-state index contributed by atoms with van der Waals surface area (Å²) in [6.07, 6.45) is 3.86. The summed E-state index contributed by atoms with van der Waals surface area (Å²) in [5.74, 6) is -3.33. The molecule has 17 heteroatoms. The predicted octanol–water partition coefficient (Wildman–Crippen LogP) is 1.40. The van der Waals surface area contributed by atoms with Crippen molar-refractivity contribution in [3.63, 3.8) is 0 Å². The van der Waals surface area contributed by atoms with Gasteiger partial charge in [0.15, 0.2) is 30.8 Å². The maximum Gasteiger partial charge on any atom is 1.00 e. The number of aliphatic carboxylic acids is 1. The minimum Gasteiger partial charge on any atom is -1.00 e. The Hall–Kier alpha value is -4.06. The number of aryl methyl sites for hydroxylation is 2. The number of hydrogen-bond donors (Lipinski definition) is 1. The first kappa shape index (κ1) is 39.9. The molecule has 0 saturated carbocycles. The van der Waals surface area contributed by atoms with Crippen molar-refractivity contribution < 1.29 is 76.6 Å². The van der Waals surface area contributed by atoms with Crippen molar-refractivity contribution >= 4 is 29.5 Å². The van der Waals surface area contributed by atoms with Gasteiger partial charge in [0.25, 0.3) is 0 Å². The number of nitrogens with zero attached hydrogens (tertiary/aromatic N) is 3. The number of carboxylic acids is 1. The summed E-state index contributed by atoms with van der Waals surface area (Å²) < 4.78 is 62.5. The molecule has 0 aliphatic heterocycles. The number of hydrogen-bond acceptors (Lipinski definition) is 11. The third kappa shape index (κ3) is 16.5. The van der Waals surface area contributed by atoms with Crippen LogP contribution in [0.1, 0.15) is 26.7 Å². The molecule has 0 aliphatic carbocycles. The number of carboxylic acid groups (broad SMARTS) is 1. The van der Waals surface area contributed by atoms with Crippen LogP contribution in [0, 0.1) is 31.3 Å². The first-order valence-corrected chi connectivity index (χ1v) is 12.7. The molecule has 0 spiro atoms. The zero-order chi connectivity index (χ0) is 32.4. The van der Waals surface area contributed by atoms with Crippen molar-refractivity contribution in [2.75, 3.05) is 33.0 Å². The van der Waals surface area contributed by atoms with Crippen molar-refractivity contribution in [3.8, 4) is 17.2 Å². The van der Waals surface area contributed by atoms with E-state index in [1.807, 2.05) is 0 Å².